The molecule has 0 saturated heterocycles. The van der Waals surface area contributed by atoms with E-state index in [9.17, 15) is 9.90 Å². The summed E-state index contributed by atoms with van der Waals surface area (Å²) in [5.74, 6) is 6.13. The second-order valence-corrected chi connectivity index (χ2v) is 8.88. The summed E-state index contributed by atoms with van der Waals surface area (Å²) in [6.07, 6.45) is 15.8. The smallest absolute Gasteiger partial charge is 0.155 e. The average Bonchev–Trinajstić information content (AvgIpc) is 2.89. The number of fused-ring (bicyclic) bond motifs is 5. The molecular weight excluding hydrogens is 296 g/mol. The Labute approximate surface area is 146 Å². The van der Waals surface area contributed by atoms with Gasteiger partial charge in [0.1, 0.15) is 5.60 Å². The predicted octanol–water partition coefficient (Wildman–Crippen LogP) is 4.13. The van der Waals surface area contributed by atoms with Gasteiger partial charge < -0.3 is 5.11 Å². The van der Waals surface area contributed by atoms with Gasteiger partial charge in [0.15, 0.2) is 5.78 Å². The standard InChI is InChI=1S/C22H30O2/c1-4-21(24)11-10-20-18-8-6-15-13-16(23)7-9-17(15)19(18)12-14(3)22(20,21)5-2/h1,13-14,17-20,24H,5-12H2,2-3H3/t14-,17?,18-,19-,20+,21+,22?/m1/s1. The molecule has 0 aromatic heterocycles. The number of rotatable bonds is 1. The van der Waals surface area contributed by atoms with Gasteiger partial charge in [0, 0.05) is 11.8 Å². The molecule has 3 saturated carbocycles. The normalized spacial score (nSPS) is 50.3. The van der Waals surface area contributed by atoms with Gasteiger partial charge in [-0.25, -0.2) is 0 Å². The van der Waals surface area contributed by atoms with E-state index in [2.05, 4.69) is 19.8 Å². The van der Waals surface area contributed by atoms with E-state index in [-0.39, 0.29) is 5.41 Å². The van der Waals surface area contributed by atoms with Crippen molar-refractivity contribution in [3.63, 3.8) is 0 Å². The molecule has 4 aliphatic carbocycles. The molecule has 130 valence electrons. The summed E-state index contributed by atoms with van der Waals surface area (Å²) in [6, 6.07) is 0. The highest BCUT2D eigenvalue weighted by atomic mass is 16.3. The Kier molecular flexibility index (Phi) is 3.73. The van der Waals surface area contributed by atoms with E-state index < -0.39 is 5.60 Å². The molecule has 0 radical (unpaired) electrons. The summed E-state index contributed by atoms with van der Waals surface area (Å²) in [7, 11) is 0. The fourth-order valence-corrected chi connectivity index (χ4v) is 7.56. The van der Waals surface area contributed by atoms with Crippen LogP contribution in [0.1, 0.15) is 65.2 Å². The first-order valence-electron chi connectivity index (χ1n) is 9.90. The number of hydrogen-bond donors (Lipinski definition) is 1. The van der Waals surface area contributed by atoms with Crippen molar-refractivity contribution < 1.29 is 9.90 Å². The highest BCUT2D eigenvalue weighted by Crippen LogP contribution is 2.67. The lowest BCUT2D eigenvalue weighted by Crippen LogP contribution is -2.57. The lowest BCUT2D eigenvalue weighted by molar-refractivity contribution is -0.135. The summed E-state index contributed by atoms with van der Waals surface area (Å²) in [4.78, 5) is 11.8. The number of carbonyl (C=O) groups is 1. The summed E-state index contributed by atoms with van der Waals surface area (Å²) in [6.45, 7) is 4.55. The Hall–Kier alpha value is -1.07. The Morgan fingerprint density at radius 2 is 2.08 bits per heavy atom. The quantitative estimate of drug-likeness (QED) is 0.736. The molecule has 4 aliphatic rings. The lowest BCUT2D eigenvalue weighted by atomic mass is 9.46. The molecule has 0 heterocycles. The molecule has 1 N–H and O–H groups in total. The third-order valence-electron chi connectivity index (χ3n) is 8.45. The van der Waals surface area contributed by atoms with Crippen LogP contribution in [0.5, 0.6) is 0 Å². The van der Waals surface area contributed by atoms with Crippen LogP contribution in [-0.2, 0) is 4.79 Å². The summed E-state index contributed by atoms with van der Waals surface area (Å²) >= 11 is 0. The molecule has 2 nitrogen and oxygen atoms in total. The summed E-state index contributed by atoms with van der Waals surface area (Å²) in [5.41, 5.74) is 0.401. The van der Waals surface area contributed by atoms with Crippen molar-refractivity contribution in [1.29, 1.82) is 0 Å². The highest BCUT2D eigenvalue weighted by molar-refractivity contribution is 5.91. The third-order valence-corrected chi connectivity index (χ3v) is 8.45. The number of carbonyl (C=O) groups excluding carboxylic acids is 1. The number of ketones is 1. The summed E-state index contributed by atoms with van der Waals surface area (Å²) in [5, 5.41) is 11.3. The molecule has 0 bridgehead atoms. The van der Waals surface area contributed by atoms with Crippen LogP contribution in [0.4, 0.5) is 0 Å². The van der Waals surface area contributed by atoms with Crippen LogP contribution in [0.15, 0.2) is 11.6 Å². The van der Waals surface area contributed by atoms with E-state index in [1.807, 2.05) is 6.08 Å². The van der Waals surface area contributed by atoms with E-state index in [0.717, 1.165) is 44.9 Å². The van der Waals surface area contributed by atoms with Crippen molar-refractivity contribution >= 4 is 5.78 Å². The van der Waals surface area contributed by atoms with Crippen LogP contribution in [0, 0.1) is 47.3 Å². The maximum atomic E-state index is 11.8. The lowest BCUT2D eigenvalue weighted by Gasteiger charge is -2.59. The van der Waals surface area contributed by atoms with Gasteiger partial charge in [0.25, 0.3) is 0 Å². The van der Waals surface area contributed by atoms with Crippen molar-refractivity contribution in [2.45, 2.75) is 70.8 Å². The molecule has 24 heavy (non-hydrogen) atoms. The minimum Gasteiger partial charge on any atom is -0.377 e. The second-order valence-electron chi connectivity index (χ2n) is 8.88. The van der Waals surface area contributed by atoms with E-state index >= 15 is 0 Å². The molecular formula is C22H30O2. The molecule has 0 aromatic rings. The number of terminal acetylenes is 1. The zero-order valence-corrected chi connectivity index (χ0v) is 15.1. The highest BCUT2D eigenvalue weighted by Gasteiger charge is 2.66. The number of aliphatic hydroxyl groups is 1. The zero-order chi connectivity index (χ0) is 17.1. The van der Waals surface area contributed by atoms with Crippen LogP contribution >= 0.6 is 0 Å². The molecule has 0 aromatic carbocycles. The topological polar surface area (TPSA) is 37.3 Å². The van der Waals surface area contributed by atoms with Crippen molar-refractivity contribution in [2.75, 3.05) is 0 Å². The molecule has 2 heteroatoms. The first-order chi connectivity index (χ1) is 11.5. The first-order valence-corrected chi connectivity index (χ1v) is 9.90. The van der Waals surface area contributed by atoms with Gasteiger partial charge >= 0.3 is 0 Å². The molecule has 0 aliphatic heterocycles. The van der Waals surface area contributed by atoms with Gasteiger partial charge in [0.2, 0.25) is 0 Å². The Balaban J connectivity index is 1.72. The second kappa shape index (κ2) is 5.46. The average molecular weight is 326 g/mol. The van der Waals surface area contributed by atoms with Crippen LogP contribution < -0.4 is 0 Å². The maximum absolute atomic E-state index is 11.8. The molecule has 7 atom stereocenters. The Bertz CT molecular complexity index is 626. The van der Waals surface area contributed by atoms with E-state index in [4.69, 9.17) is 6.42 Å². The Morgan fingerprint density at radius 3 is 2.79 bits per heavy atom. The minimum atomic E-state index is -0.921. The van der Waals surface area contributed by atoms with Crippen molar-refractivity contribution in [3.05, 3.63) is 11.6 Å². The van der Waals surface area contributed by atoms with E-state index in [1.54, 1.807) is 0 Å². The Morgan fingerprint density at radius 1 is 1.29 bits per heavy atom. The van der Waals surface area contributed by atoms with Gasteiger partial charge in [-0.2, -0.15) is 0 Å². The molecule has 4 rings (SSSR count). The SMILES string of the molecule is C#C[C@]1(O)CC[C@H]2[C@@H]3CCC4=CC(=O)CCC4[C@H]3C[C@@H](C)C21CC. The van der Waals surface area contributed by atoms with Gasteiger partial charge in [-0.3, -0.25) is 4.79 Å². The van der Waals surface area contributed by atoms with E-state index in [0.29, 0.717) is 35.4 Å². The van der Waals surface area contributed by atoms with E-state index in [1.165, 1.54) is 12.0 Å². The van der Waals surface area contributed by atoms with Crippen molar-refractivity contribution in [1.82, 2.24) is 0 Å². The van der Waals surface area contributed by atoms with Gasteiger partial charge in [0.05, 0.1) is 0 Å². The number of hydrogen-bond acceptors (Lipinski definition) is 2. The van der Waals surface area contributed by atoms with Crippen LogP contribution in [0.2, 0.25) is 0 Å². The molecule has 2 unspecified atom stereocenters. The molecule has 3 fully saturated rings. The monoisotopic (exact) mass is 326 g/mol. The third kappa shape index (κ3) is 1.91. The van der Waals surface area contributed by atoms with Crippen molar-refractivity contribution in [3.8, 4) is 12.3 Å². The molecule has 0 amide bonds. The maximum Gasteiger partial charge on any atom is 0.155 e. The van der Waals surface area contributed by atoms with Gasteiger partial charge in [-0.05, 0) is 80.6 Å². The number of allylic oxidation sites excluding steroid dienone is 1. The fraction of sp³-hybridized carbons (Fsp3) is 0.773. The first kappa shape index (κ1) is 16.4. The molecule has 0 spiro atoms. The largest absolute Gasteiger partial charge is 0.377 e. The van der Waals surface area contributed by atoms with Gasteiger partial charge in [-0.15, -0.1) is 6.42 Å². The van der Waals surface area contributed by atoms with Crippen LogP contribution in [0.25, 0.3) is 0 Å². The van der Waals surface area contributed by atoms with Gasteiger partial charge in [-0.1, -0.05) is 25.3 Å². The van der Waals surface area contributed by atoms with Crippen LogP contribution in [-0.4, -0.2) is 16.5 Å². The van der Waals surface area contributed by atoms with Crippen LogP contribution in [0.3, 0.4) is 0 Å². The van der Waals surface area contributed by atoms with Crippen molar-refractivity contribution in [2.24, 2.45) is 35.0 Å². The predicted molar refractivity (Wildman–Crippen MR) is 95.0 cm³/mol. The summed E-state index contributed by atoms with van der Waals surface area (Å²) < 4.78 is 0. The fourth-order valence-electron chi connectivity index (χ4n) is 7.56. The minimum absolute atomic E-state index is 0.103. The zero-order valence-electron chi connectivity index (χ0n) is 15.1.